The van der Waals surface area contributed by atoms with Gasteiger partial charge in [0.1, 0.15) is 26.9 Å². The molecule has 0 saturated carbocycles. The standard InChI is InChI=1S/C35H28N6O12S3/c1-18-5-3-4-6-27(18)38-41-32-30(55(48,49)50)17-21-15-22(7-10-25(21)33(32)43)36-35(44)37-23-8-11-26-20(14-23)16-29(42)31(34(26)56(51,52)53)40-39-28-12-9-24(13-19(28)2)54(45,46)47/h3-17,42-43H,1-2H3,(H2,36,37,44)(H,45,46,47)(H,48,49,50)(H,51,52,53). The Morgan fingerprint density at radius 2 is 1.14 bits per heavy atom. The van der Waals surface area contributed by atoms with E-state index in [4.69, 9.17) is 0 Å². The van der Waals surface area contributed by atoms with E-state index >= 15 is 0 Å². The van der Waals surface area contributed by atoms with Gasteiger partial charge in [-0.1, -0.05) is 24.3 Å². The highest BCUT2D eigenvalue weighted by atomic mass is 32.2. The number of aromatic hydroxyl groups is 2. The van der Waals surface area contributed by atoms with Gasteiger partial charge in [0.2, 0.25) is 0 Å². The van der Waals surface area contributed by atoms with Crippen molar-refractivity contribution in [2.45, 2.75) is 28.5 Å². The van der Waals surface area contributed by atoms with Crippen LogP contribution in [0.1, 0.15) is 11.1 Å². The van der Waals surface area contributed by atoms with Gasteiger partial charge < -0.3 is 20.8 Å². The Morgan fingerprint density at radius 1 is 0.571 bits per heavy atom. The minimum atomic E-state index is -5.06. The van der Waals surface area contributed by atoms with Crippen LogP contribution < -0.4 is 10.6 Å². The molecule has 7 N–H and O–H groups in total. The molecule has 0 aromatic heterocycles. The minimum absolute atomic E-state index is 0.0369. The van der Waals surface area contributed by atoms with E-state index < -0.39 is 73.9 Å². The summed E-state index contributed by atoms with van der Waals surface area (Å²) in [6.07, 6.45) is 0. The van der Waals surface area contributed by atoms with Crippen LogP contribution in [0.5, 0.6) is 11.5 Å². The zero-order chi connectivity index (χ0) is 40.7. The fourth-order valence-electron chi connectivity index (χ4n) is 5.58. The number of nitrogens with one attached hydrogen (secondary N) is 2. The van der Waals surface area contributed by atoms with Gasteiger partial charge in [-0.05, 0) is 102 Å². The Morgan fingerprint density at radius 3 is 1.71 bits per heavy atom. The third-order valence-electron chi connectivity index (χ3n) is 8.25. The summed E-state index contributed by atoms with van der Waals surface area (Å²) in [5.41, 5.74) is 0.467. The lowest BCUT2D eigenvalue weighted by atomic mass is 10.1. The van der Waals surface area contributed by atoms with Crippen molar-refractivity contribution in [2.75, 3.05) is 10.6 Å². The molecular formula is C35H28N6O12S3. The maximum absolute atomic E-state index is 13.0. The van der Waals surface area contributed by atoms with Gasteiger partial charge in [-0.3, -0.25) is 13.7 Å². The highest BCUT2D eigenvalue weighted by Crippen LogP contribution is 2.43. The Balaban J connectivity index is 1.28. The molecule has 0 aliphatic heterocycles. The van der Waals surface area contributed by atoms with Crippen molar-refractivity contribution in [1.29, 1.82) is 0 Å². The highest BCUT2D eigenvalue weighted by Gasteiger charge is 2.25. The molecule has 0 aliphatic carbocycles. The molecule has 18 nitrogen and oxygen atoms in total. The SMILES string of the molecule is Cc1ccccc1N=Nc1c(S(=O)(=O)O)cc2cc(NC(=O)Nc3ccc4c(S(=O)(=O)O)c(N=Nc5ccc(S(=O)(=O)O)cc5C)c(O)cc4c3)ccc2c1O. The number of hydrogen-bond acceptors (Lipinski definition) is 13. The predicted octanol–water partition coefficient (Wildman–Crippen LogP) is 8.24. The summed E-state index contributed by atoms with van der Waals surface area (Å²) in [6.45, 7) is 3.20. The molecule has 0 heterocycles. The second-order valence-electron chi connectivity index (χ2n) is 12.2. The number of urea groups is 1. The van der Waals surface area contributed by atoms with Crippen LogP contribution in [0.15, 0.2) is 126 Å². The average Bonchev–Trinajstić information content (AvgIpc) is 3.09. The molecular weight excluding hydrogens is 793 g/mol. The van der Waals surface area contributed by atoms with Gasteiger partial charge in [-0.15, -0.1) is 10.2 Å². The van der Waals surface area contributed by atoms with Crippen LogP contribution in [0.4, 0.5) is 38.9 Å². The molecule has 6 aromatic carbocycles. The van der Waals surface area contributed by atoms with Crippen LogP contribution in [-0.2, 0) is 30.4 Å². The summed E-state index contributed by atoms with van der Waals surface area (Å²) in [7, 11) is -14.5. The second kappa shape index (κ2) is 14.7. The molecule has 0 fully saturated rings. The van der Waals surface area contributed by atoms with Crippen LogP contribution in [0.2, 0.25) is 0 Å². The van der Waals surface area contributed by atoms with Crippen molar-refractivity contribution >= 4 is 92.1 Å². The zero-order valence-electron chi connectivity index (χ0n) is 28.8. The molecule has 0 bridgehead atoms. The van der Waals surface area contributed by atoms with Crippen molar-refractivity contribution in [3.8, 4) is 11.5 Å². The number of amides is 2. The largest absolute Gasteiger partial charge is 0.506 e. The van der Waals surface area contributed by atoms with Crippen molar-refractivity contribution in [2.24, 2.45) is 20.5 Å². The Labute approximate surface area is 318 Å². The van der Waals surface area contributed by atoms with E-state index in [2.05, 4.69) is 31.1 Å². The van der Waals surface area contributed by atoms with Gasteiger partial charge in [-0.25, -0.2) is 4.79 Å². The molecule has 0 atom stereocenters. The first-order chi connectivity index (χ1) is 26.2. The molecule has 0 saturated heterocycles. The monoisotopic (exact) mass is 820 g/mol. The second-order valence-corrected chi connectivity index (χ2v) is 16.3. The number of anilines is 2. The molecule has 288 valence electrons. The lowest BCUT2D eigenvalue weighted by Gasteiger charge is -2.13. The van der Waals surface area contributed by atoms with Gasteiger partial charge in [-0.2, -0.15) is 35.5 Å². The van der Waals surface area contributed by atoms with E-state index in [9.17, 15) is 53.9 Å². The van der Waals surface area contributed by atoms with E-state index in [1.165, 1.54) is 49.4 Å². The molecule has 6 rings (SSSR count). The van der Waals surface area contributed by atoms with E-state index in [-0.39, 0.29) is 44.2 Å². The van der Waals surface area contributed by atoms with Crippen LogP contribution in [-0.4, -0.2) is 55.2 Å². The van der Waals surface area contributed by atoms with Crippen LogP contribution in [0.25, 0.3) is 21.5 Å². The number of phenolic OH excluding ortho intramolecular Hbond substituents is 2. The number of phenols is 2. The summed E-state index contributed by atoms with van der Waals surface area (Å²) < 4.78 is 102. The quantitative estimate of drug-likeness (QED) is 0.0536. The molecule has 0 radical (unpaired) electrons. The number of nitrogens with zero attached hydrogens (tertiary/aromatic N) is 4. The summed E-state index contributed by atoms with van der Waals surface area (Å²) in [5, 5.41) is 42.6. The molecule has 2 amide bonds. The Bertz CT molecular complexity index is 3030. The normalized spacial score (nSPS) is 12.5. The lowest BCUT2D eigenvalue weighted by molar-refractivity contribution is 0.262. The topological polar surface area (TPSA) is 294 Å². The van der Waals surface area contributed by atoms with Gasteiger partial charge in [0, 0.05) is 22.1 Å². The van der Waals surface area contributed by atoms with Gasteiger partial charge in [0.15, 0.2) is 5.75 Å². The maximum Gasteiger partial charge on any atom is 0.323 e. The van der Waals surface area contributed by atoms with Gasteiger partial charge in [0.05, 0.1) is 16.3 Å². The highest BCUT2D eigenvalue weighted by molar-refractivity contribution is 7.86. The predicted molar refractivity (Wildman–Crippen MR) is 204 cm³/mol. The number of rotatable bonds is 9. The first-order valence-corrected chi connectivity index (χ1v) is 20.1. The van der Waals surface area contributed by atoms with Gasteiger partial charge >= 0.3 is 6.03 Å². The number of azo groups is 2. The first-order valence-electron chi connectivity index (χ1n) is 15.8. The fourth-order valence-corrected chi connectivity index (χ4v) is 7.66. The van der Waals surface area contributed by atoms with E-state index in [0.717, 1.165) is 29.8 Å². The maximum atomic E-state index is 13.0. The third kappa shape index (κ3) is 8.31. The number of carbonyl (C=O) groups is 1. The number of aryl methyl sites for hydroxylation is 2. The zero-order valence-corrected chi connectivity index (χ0v) is 31.2. The molecule has 0 unspecified atom stereocenters. The average molecular weight is 821 g/mol. The van der Waals surface area contributed by atoms with Crippen LogP contribution in [0.3, 0.4) is 0 Å². The van der Waals surface area contributed by atoms with Gasteiger partial charge in [0.25, 0.3) is 30.4 Å². The number of carbonyl (C=O) groups excluding carboxylic acids is 1. The molecule has 0 spiro atoms. The van der Waals surface area contributed by atoms with E-state index in [0.29, 0.717) is 5.69 Å². The molecule has 21 heteroatoms. The lowest BCUT2D eigenvalue weighted by Crippen LogP contribution is -2.19. The summed E-state index contributed by atoms with van der Waals surface area (Å²) in [5.74, 6) is -1.33. The summed E-state index contributed by atoms with van der Waals surface area (Å²) in [4.78, 5) is 11.1. The number of fused-ring (bicyclic) bond motifs is 2. The van der Waals surface area contributed by atoms with Crippen LogP contribution in [0, 0.1) is 13.8 Å². The third-order valence-corrected chi connectivity index (χ3v) is 10.9. The minimum Gasteiger partial charge on any atom is -0.506 e. The smallest absolute Gasteiger partial charge is 0.323 e. The molecule has 6 aromatic rings. The van der Waals surface area contributed by atoms with E-state index in [1.807, 2.05) is 0 Å². The molecule has 0 aliphatic rings. The van der Waals surface area contributed by atoms with E-state index in [1.54, 1.807) is 31.2 Å². The summed E-state index contributed by atoms with van der Waals surface area (Å²) in [6, 6.07) is 19.4. The van der Waals surface area contributed by atoms with Crippen LogP contribution >= 0.6 is 0 Å². The molecule has 56 heavy (non-hydrogen) atoms. The van der Waals surface area contributed by atoms with Crippen molar-refractivity contribution < 1.29 is 53.9 Å². The number of benzene rings is 6. The van der Waals surface area contributed by atoms with Crippen molar-refractivity contribution in [1.82, 2.24) is 0 Å². The Kier molecular flexibility index (Phi) is 10.3. The summed E-state index contributed by atoms with van der Waals surface area (Å²) >= 11 is 0. The van der Waals surface area contributed by atoms with Crippen molar-refractivity contribution in [3.63, 3.8) is 0 Å². The fraction of sp³-hybridized carbons (Fsp3) is 0.0571. The first kappa shape index (κ1) is 39.3. The van der Waals surface area contributed by atoms with Crippen molar-refractivity contribution in [3.05, 3.63) is 102 Å². The number of hydrogen-bond donors (Lipinski definition) is 7. The Hall–Kier alpha value is -6.36.